The highest BCUT2D eigenvalue weighted by Crippen LogP contribution is 2.30. The van der Waals surface area contributed by atoms with Gasteiger partial charge in [-0.3, -0.25) is 9.48 Å². The van der Waals surface area contributed by atoms with Gasteiger partial charge in [0.2, 0.25) is 0 Å². The number of carboxylic acids is 1. The molecule has 8 heteroatoms. The molecule has 42 heavy (non-hydrogen) atoms. The predicted molar refractivity (Wildman–Crippen MR) is 157 cm³/mol. The molecular formula is C34H25F2N3O3. The molecule has 0 unspecified atom stereocenters. The maximum atomic E-state index is 15.1. The number of rotatable bonds is 7. The van der Waals surface area contributed by atoms with Crippen molar-refractivity contribution in [1.82, 2.24) is 15.1 Å². The number of hydrogen-bond acceptors (Lipinski definition) is 3. The number of fused-ring (bicyclic) bond motifs is 2. The van der Waals surface area contributed by atoms with Gasteiger partial charge < -0.3 is 10.4 Å². The Morgan fingerprint density at radius 2 is 1.55 bits per heavy atom. The Bertz CT molecular complexity index is 1970. The van der Waals surface area contributed by atoms with Crippen LogP contribution in [0.3, 0.4) is 0 Å². The number of aromatic carboxylic acids is 1. The van der Waals surface area contributed by atoms with Crippen LogP contribution in [0, 0.1) is 11.6 Å². The Morgan fingerprint density at radius 3 is 2.24 bits per heavy atom. The van der Waals surface area contributed by atoms with Gasteiger partial charge in [0.25, 0.3) is 5.91 Å². The van der Waals surface area contributed by atoms with Crippen LogP contribution < -0.4 is 5.32 Å². The Morgan fingerprint density at radius 1 is 0.857 bits per heavy atom. The van der Waals surface area contributed by atoms with Crippen LogP contribution in [0.5, 0.6) is 0 Å². The van der Waals surface area contributed by atoms with Crippen LogP contribution >= 0.6 is 0 Å². The Hall–Kier alpha value is -5.37. The van der Waals surface area contributed by atoms with Crippen molar-refractivity contribution < 1.29 is 23.5 Å². The molecule has 208 valence electrons. The van der Waals surface area contributed by atoms with Crippen LogP contribution in [0.25, 0.3) is 32.8 Å². The zero-order valence-corrected chi connectivity index (χ0v) is 22.5. The van der Waals surface area contributed by atoms with E-state index in [1.54, 1.807) is 54.2 Å². The van der Waals surface area contributed by atoms with Crippen LogP contribution in [0.1, 0.15) is 44.8 Å². The summed E-state index contributed by atoms with van der Waals surface area (Å²) in [6.45, 7) is 1.90. The van der Waals surface area contributed by atoms with E-state index in [0.717, 1.165) is 21.9 Å². The third-order valence-corrected chi connectivity index (χ3v) is 7.40. The quantitative estimate of drug-likeness (QED) is 0.213. The number of carboxylic acid groups (broad SMARTS) is 1. The van der Waals surface area contributed by atoms with Crippen LogP contribution in [-0.2, 0) is 6.54 Å². The van der Waals surface area contributed by atoms with E-state index in [1.165, 1.54) is 30.3 Å². The number of nitrogens with zero attached hydrogens (tertiary/aromatic N) is 2. The minimum atomic E-state index is -1.03. The molecule has 0 aliphatic rings. The van der Waals surface area contributed by atoms with Crippen LogP contribution in [0.4, 0.5) is 8.78 Å². The van der Waals surface area contributed by atoms with Crippen molar-refractivity contribution in [3.63, 3.8) is 0 Å². The lowest BCUT2D eigenvalue weighted by Gasteiger charge is -2.17. The van der Waals surface area contributed by atoms with E-state index in [2.05, 4.69) is 10.4 Å². The molecule has 6 aromatic rings. The molecule has 0 aliphatic heterocycles. The van der Waals surface area contributed by atoms with E-state index in [1.807, 2.05) is 30.3 Å². The molecule has 1 atom stereocenters. The monoisotopic (exact) mass is 561 g/mol. The number of aromatic nitrogens is 2. The minimum absolute atomic E-state index is 0.0997. The molecular weight excluding hydrogens is 536 g/mol. The number of carbonyl (C=O) groups is 2. The zero-order valence-electron chi connectivity index (χ0n) is 22.5. The third kappa shape index (κ3) is 5.22. The minimum Gasteiger partial charge on any atom is -0.478 e. The first-order chi connectivity index (χ1) is 20.3. The first-order valence-electron chi connectivity index (χ1n) is 13.3. The molecule has 1 heterocycles. The van der Waals surface area contributed by atoms with Gasteiger partial charge in [-0.2, -0.15) is 5.10 Å². The smallest absolute Gasteiger partial charge is 0.335 e. The summed E-state index contributed by atoms with van der Waals surface area (Å²) >= 11 is 0. The Balaban J connectivity index is 1.41. The summed E-state index contributed by atoms with van der Waals surface area (Å²) in [5, 5.41) is 19.1. The summed E-state index contributed by atoms with van der Waals surface area (Å²) in [4.78, 5) is 25.1. The molecule has 5 aromatic carbocycles. The zero-order chi connectivity index (χ0) is 29.4. The molecule has 0 spiro atoms. The normalized spacial score (nSPS) is 12.0. The fourth-order valence-electron chi connectivity index (χ4n) is 5.15. The lowest BCUT2D eigenvalue weighted by molar-refractivity contribution is 0.0696. The molecule has 6 nitrogen and oxygen atoms in total. The van der Waals surface area contributed by atoms with E-state index in [0.29, 0.717) is 27.6 Å². The van der Waals surface area contributed by atoms with Crippen molar-refractivity contribution in [1.29, 1.82) is 0 Å². The Labute approximate surface area is 239 Å². The van der Waals surface area contributed by atoms with E-state index >= 15 is 4.39 Å². The van der Waals surface area contributed by atoms with Crippen molar-refractivity contribution in [2.24, 2.45) is 0 Å². The van der Waals surface area contributed by atoms with Crippen molar-refractivity contribution in [2.45, 2.75) is 19.5 Å². The van der Waals surface area contributed by atoms with Gasteiger partial charge in [0.15, 0.2) is 0 Å². The summed E-state index contributed by atoms with van der Waals surface area (Å²) in [5.41, 5.74) is 3.57. The van der Waals surface area contributed by atoms with Gasteiger partial charge in [-0.25, -0.2) is 13.6 Å². The molecule has 2 N–H and O–H groups in total. The second-order valence-electron chi connectivity index (χ2n) is 10.2. The highest BCUT2D eigenvalue weighted by Gasteiger charge is 2.20. The first-order valence-corrected chi connectivity index (χ1v) is 13.3. The molecule has 1 amide bonds. The van der Waals surface area contributed by atoms with E-state index < -0.39 is 12.0 Å². The summed E-state index contributed by atoms with van der Waals surface area (Å²) in [5.74, 6) is -2.16. The number of nitrogens with one attached hydrogen (secondary N) is 1. The highest BCUT2D eigenvalue weighted by atomic mass is 19.1. The van der Waals surface area contributed by atoms with Gasteiger partial charge in [-0.15, -0.1) is 0 Å². The number of halogens is 2. The van der Waals surface area contributed by atoms with Gasteiger partial charge in [-0.1, -0.05) is 48.5 Å². The maximum Gasteiger partial charge on any atom is 0.335 e. The van der Waals surface area contributed by atoms with Crippen molar-refractivity contribution >= 4 is 33.6 Å². The Kier molecular flexibility index (Phi) is 6.96. The average Bonchev–Trinajstić information content (AvgIpc) is 3.40. The molecule has 6 rings (SSSR count). The van der Waals surface area contributed by atoms with Gasteiger partial charge in [0, 0.05) is 10.9 Å². The van der Waals surface area contributed by atoms with Crippen molar-refractivity contribution in [3.8, 4) is 11.1 Å². The second kappa shape index (κ2) is 10.9. The number of benzene rings is 5. The molecule has 0 saturated carbocycles. The summed E-state index contributed by atoms with van der Waals surface area (Å²) in [7, 11) is 0. The van der Waals surface area contributed by atoms with Gasteiger partial charge in [0.05, 0.1) is 35.4 Å². The maximum absolute atomic E-state index is 15.1. The van der Waals surface area contributed by atoms with E-state index in [4.69, 9.17) is 0 Å². The van der Waals surface area contributed by atoms with Gasteiger partial charge in [0.1, 0.15) is 11.6 Å². The molecule has 1 aromatic heterocycles. The summed E-state index contributed by atoms with van der Waals surface area (Å²) in [6, 6.07) is 26.2. The molecule has 0 bridgehead atoms. The lowest BCUT2D eigenvalue weighted by Crippen LogP contribution is -2.27. The van der Waals surface area contributed by atoms with E-state index in [9.17, 15) is 19.1 Å². The number of hydrogen-bond donors (Lipinski definition) is 2. The second-order valence-corrected chi connectivity index (χ2v) is 10.2. The molecule has 0 aliphatic carbocycles. The summed E-state index contributed by atoms with van der Waals surface area (Å²) < 4.78 is 30.4. The molecule has 0 fully saturated rings. The molecule has 0 saturated heterocycles. The number of carbonyl (C=O) groups excluding carboxylic acids is 1. The van der Waals surface area contributed by atoms with Crippen molar-refractivity contribution in [3.05, 3.63) is 137 Å². The van der Waals surface area contributed by atoms with Crippen LogP contribution in [-0.4, -0.2) is 26.8 Å². The van der Waals surface area contributed by atoms with Crippen LogP contribution in [0.15, 0.2) is 103 Å². The first kappa shape index (κ1) is 26.8. The fourth-order valence-corrected chi connectivity index (χ4v) is 5.15. The standard InChI is InChI=1S/C34H25F2N3O3/c1-20(21-6-8-23(9-7-21)34(41)42)38-33(40)30-16-26(22-10-12-29(35)13-11-22)15-27-18-37-39(32(27)30)19-28-14-24-4-2-3-5-25(24)17-31(28)36/h2-18,20H,19H2,1H3,(H,38,40)(H,41,42)/t20-/m0/s1. The van der Waals surface area contributed by atoms with Crippen molar-refractivity contribution in [2.75, 3.05) is 0 Å². The SMILES string of the molecule is C[C@H](NC(=O)c1cc(-c2ccc(F)cc2)cc2cnn(Cc3cc4ccccc4cc3F)c12)c1ccc(C(=O)O)cc1. The van der Waals surface area contributed by atoms with E-state index in [-0.39, 0.29) is 29.6 Å². The van der Waals surface area contributed by atoms with Gasteiger partial charge >= 0.3 is 5.97 Å². The van der Waals surface area contributed by atoms with Crippen LogP contribution in [0.2, 0.25) is 0 Å². The van der Waals surface area contributed by atoms with Gasteiger partial charge in [-0.05, 0) is 82.9 Å². The predicted octanol–water partition coefficient (Wildman–Crippen LogP) is 7.37. The lowest BCUT2D eigenvalue weighted by atomic mass is 9.99. The molecule has 0 radical (unpaired) electrons. The number of amides is 1. The largest absolute Gasteiger partial charge is 0.478 e. The third-order valence-electron chi connectivity index (χ3n) is 7.40. The summed E-state index contributed by atoms with van der Waals surface area (Å²) in [6.07, 6.45) is 1.63. The topological polar surface area (TPSA) is 84.2 Å². The highest BCUT2D eigenvalue weighted by molar-refractivity contribution is 6.07. The fraction of sp³-hybridized carbons (Fsp3) is 0.0882. The average molecular weight is 562 g/mol.